The van der Waals surface area contributed by atoms with E-state index in [4.69, 9.17) is 4.42 Å². The first-order chi connectivity index (χ1) is 15.7. The Morgan fingerprint density at radius 1 is 1.00 bits per heavy atom. The molecule has 32 heavy (non-hydrogen) atoms. The average molecular weight is 421 g/mol. The molecule has 156 valence electrons. The summed E-state index contributed by atoms with van der Waals surface area (Å²) in [6.07, 6.45) is 6.75. The Morgan fingerprint density at radius 3 is 2.72 bits per heavy atom. The standard InChI is InChI=1S/C26H19N3O3/c30-25(28-15-17-8-10-27-11-9-17)19-5-3-4-18(12-19)20-13-21(32-16-20)14-23-22-6-1-2-7-24(22)29-26(23)31/h1-14,16H,15H2,(H,28,30)(H,29,31). The molecular formula is C26H19N3O3. The molecular weight excluding hydrogens is 402 g/mol. The summed E-state index contributed by atoms with van der Waals surface area (Å²) in [6.45, 7) is 0.429. The van der Waals surface area contributed by atoms with Gasteiger partial charge in [0.05, 0.1) is 11.8 Å². The maximum absolute atomic E-state index is 12.6. The van der Waals surface area contributed by atoms with E-state index in [0.29, 0.717) is 23.4 Å². The van der Waals surface area contributed by atoms with Gasteiger partial charge < -0.3 is 15.1 Å². The number of furan rings is 1. The molecule has 0 radical (unpaired) electrons. The van der Waals surface area contributed by atoms with Crippen molar-refractivity contribution in [1.29, 1.82) is 0 Å². The second-order valence-corrected chi connectivity index (χ2v) is 7.41. The summed E-state index contributed by atoms with van der Waals surface area (Å²) in [5.41, 5.74) is 5.42. The van der Waals surface area contributed by atoms with Crippen LogP contribution in [-0.2, 0) is 11.3 Å². The number of nitrogens with one attached hydrogen (secondary N) is 2. The summed E-state index contributed by atoms with van der Waals surface area (Å²) in [5.74, 6) is 0.250. The summed E-state index contributed by atoms with van der Waals surface area (Å²) in [4.78, 5) is 28.9. The summed E-state index contributed by atoms with van der Waals surface area (Å²) in [5, 5.41) is 5.77. The van der Waals surface area contributed by atoms with Gasteiger partial charge in [0.15, 0.2) is 0 Å². The number of carbonyl (C=O) groups excluding carboxylic acids is 2. The molecule has 5 rings (SSSR count). The van der Waals surface area contributed by atoms with Crippen molar-refractivity contribution in [2.24, 2.45) is 0 Å². The zero-order valence-electron chi connectivity index (χ0n) is 17.0. The van der Waals surface area contributed by atoms with E-state index in [1.54, 1.807) is 30.8 Å². The molecule has 0 fully saturated rings. The van der Waals surface area contributed by atoms with Crippen molar-refractivity contribution in [3.63, 3.8) is 0 Å². The number of hydrogen-bond acceptors (Lipinski definition) is 4. The molecule has 6 nitrogen and oxygen atoms in total. The minimum atomic E-state index is -0.159. The molecule has 3 heterocycles. The van der Waals surface area contributed by atoms with Crippen LogP contribution in [0, 0.1) is 0 Å². The first-order valence-electron chi connectivity index (χ1n) is 10.2. The Morgan fingerprint density at radius 2 is 1.84 bits per heavy atom. The average Bonchev–Trinajstić information content (AvgIpc) is 3.43. The smallest absolute Gasteiger partial charge is 0.256 e. The molecule has 0 atom stereocenters. The van der Waals surface area contributed by atoms with Gasteiger partial charge in [0.1, 0.15) is 5.76 Å². The second-order valence-electron chi connectivity index (χ2n) is 7.41. The number of rotatable bonds is 5. The van der Waals surface area contributed by atoms with E-state index < -0.39 is 0 Å². The fourth-order valence-corrected chi connectivity index (χ4v) is 3.63. The van der Waals surface area contributed by atoms with Crippen molar-refractivity contribution in [1.82, 2.24) is 10.3 Å². The molecule has 6 heteroatoms. The van der Waals surface area contributed by atoms with E-state index in [-0.39, 0.29) is 11.8 Å². The number of pyridine rings is 1. The van der Waals surface area contributed by atoms with E-state index in [0.717, 1.165) is 27.9 Å². The highest BCUT2D eigenvalue weighted by Crippen LogP contribution is 2.33. The van der Waals surface area contributed by atoms with Crippen LogP contribution in [0.5, 0.6) is 0 Å². The highest BCUT2D eigenvalue weighted by molar-refractivity contribution is 6.34. The van der Waals surface area contributed by atoms with Crippen LogP contribution < -0.4 is 10.6 Å². The molecule has 0 aliphatic carbocycles. The quantitative estimate of drug-likeness (QED) is 0.455. The van der Waals surface area contributed by atoms with Crippen LogP contribution >= 0.6 is 0 Å². The first-order valence-corrected chi connectivity index (χ1v) is 10.2. The van der Waals surface area contributed by atoms with Crippen molar-refractivity contribution in [3.05, 3.63) is 108 Å². The molecule has 4 aromatic rings. The number of aromatic nitrogens is 1. The van der Waals surface area contributed by atoms with Gasteiger partial charge in [0.2, 0.25) is 0 Å². The van der Waals surface area contributed by atoms with Gasteiger partial charge in [-0.3, -0.25) is 14.6 Å². The zero-order chi connectivity index (χ0) is 21.9. The monoisotopic (exact) mass is 421 g/mol. The molecule has 1 aliphatic rings. The highest BCUT2D eigenvalue weighted by Gasteiger charge is 2.23. The predicted octanol–water partition coefficient (Wildman–Crippen LogP) is 4.76. The second kappa shape index (κ2) is 8.35. The molecule has 2 amide bonds. The van der Waals surface area contributed by atoms with Crippen LogP contribution in [-0.4, -0.2) is 16.8 Å². The molecule has 0 saturated heterocycles. The lowest BCUT2D eigenvalue weighted by Crippen LogP contribution is -2.22. The van der Waals surface area contributed by atoms with Gasteiger partial charge in [-0.2, -0.15) is 0 Å². The molecule has 2 N–H and O–H groups in total. The van der Waals surface area contributed by atoms with Crippen LogP contribution in [0.25, 0.3) is 22.8 Å². The summed E-state index contributed by atoms with van der Waals surface area (Å²) < 4.78 is 5.69. The Labute approximate surface area is 184 Å². The van der Waals surface area contributed by atoms with E-state index in [2.05, 4.69) is 15.6 Å². The van der Waals surface area contributed by atoms with E-state index in [9.17, 15) is 9.59 Å². The van der Waals surface area contributed by atoms with Gasteiger partial charge in [-0.15, -0.1) is 0 Å². The molecule has 0 bridgehead atoms. The maximum atomic E-state index is 12.6. The van der Waals surface area contributed by atoms with Crippen LogP contribution in [0.2, 0.25) is 0 Å². The van der Waals surface area contributed by atoms with Crippen LogP contribution in [0.1, 0.15) is 27.2 Å². The Kier molecular flexibility index (Phi) is 5.09. The number of nitrogens with zero attached hydrogens (tertiary/aromatic N) is 1. The number of anilines is 1. The fourth-order valence-electron chi connectivity index (χ4n) is 3.63. The van der Waals surface area contributed by atoms with Crippen molar-refractivity contribution in [2.45, 2.75) is 6.54 Å². The molecule has 0 saturated carbocycles. The van der Waals surface area contributed by atoms with Gasteiger partial charge in [-0.05, 0) is 53.6 Å². The normalized spacial score (nSPS) is 13.6. The molecule has 0 spiro atoms. The molecule has 0 unspecified atom stereocenters. The SMILES string of the molecule is O=C1Nc2ccccc2C1=Cc1cc(-c2cccc(C(=O)NCc3ccncc3)c2)co1. The van der Waals surface area contributed by atoms with Crippen LogP contribution in [0.15, 0.2) is 89.8 Å². The van der Waals surface area contributed by atoms with Crippen LogP contribution in [0.4, 0.5) is 5.69 Å². The van der Waals surface area contributed by atoms with E-state index >= 15 is 0 Å². The van der Waals surface area contributed by atoms with Gasteiger partial charge >= 0.3 is 0 Å². The Balaban J connectivity index is 1.35. The Hall–Kier alpha value is -4.45. The van der Waals surface area contributed by atoms with Crippen molar-refractivity contribution in [3.8, 4) is 11.1 Å². The molecule has 2 aromatic carbocycles. The number of carbonyl (C=O) groups is 2. The summed E-state index contributed by atoms with van der Waals surface area (Å²) >= 11 is 0. The van der Waals surface area contributed by atoms with Crippen LogP contribution in [0.3, 0.4) is 0 Å². The largest absolute Gasteiger partial charge is 0.464 e. The Bertz CT molecular complexity index is 1340. The lowest BCUT2D eigenvalue weighted by Gasteiger charge is -2.06. The third kappa shape index (κ3) is 3.94. The topological polar surface area (TPSA) is 84.2 Å². The number of amides is 2. The third-order valence-electron chi connectivity index (χ3n) is 5.28. The lowest BCUT2D eigenvalue weighted by atomic mass is 10.0. The van der Waals surface area contributed by atoms with E-state index in [1.807, 2.05) is 60.7 Å². The zero-order valence-corrected chi connectivity index (χ0v) is 17.0. The van der Waals surface area contributed by atoms with Crippen molar-refractivity contribution >= 4 is 29.2 Å². The minimum absolute atomic E-state index is 0.156. The summed E-state index contributed by atoms with van der Waals surface area (Å²) in [6, 6.07) is 20.5. The highest BCUT2D eigenvalue weighted by atomic mass is 16.3. The van der Waals surface area contributed by atoms with Gasteiger partial charge in [-0.25, -0.2) is 0 Å². The number of benzene rings is 2. The number of para-hydroxylation sites is 1. The van der Waals surface area contributed by atoms with Crippen molar-refractivity contribution < 1.29 is 14.0 Å². The number of hydrogen-bond donors (Lipinski definition) is 2. The fraction of sp³-hybridized carbons (Fsp3) is 0.0385. The maximum Gasteiger partial charge on any atom is 0.256 e. The predicted molar refractivity (Wildman–Crippen MR) is 122 cm³/mol. The third-order valence-corrected chi connectivity index (χ3v) is 5.28. The lowest BCUT2D eigenvalue weighted by molar-refractivity contribution is -0.110. The minimum Gasteiger partial charge on any atom is -0.464 e. The molecule has 2 aromatic heterocycles. The van der Waals surface area contributed by atoms with Crippen molar-refractivity contribution in [2.75, 3.05) is 5.32 Å². The van der Waals surface area contributed by atoms with Gasteiger partial charge in [-0.1, -0.05) is 30.3 Å². The van der Waals surface area contributed by atoms with Gasteiger partial charge in [0, 0.05) is 41.3 Å². The first kappa shape index (κ1) is 19.5. The van der Waals surface area contributed by atoms with Gasteiger partial charge in [0.25, 0.3) is 11.8 Å². The summed E-state index contributed by atoms with van der Waals surface area (Å²) in [7, 11) is 0. The van der Waals surface area contributed by atoms with E-state index in [1.165, 1.54) is 0 Å². The number of fused-ring (bicyclic) bond motifs is 1. The molecule has 1 aliphatic heterocycles.